The maximum atomic E-state index is 15.5. The van der Waals surface area contributed by atoms with Crippen LogP contribution in [0.3, 0.4) is 0 Å². The minimum Gasteiger partial charge on any atom is -0.581 e. The standard InChI is InChI=1S/C39H37F4N6O5.C2H6.Pd/c1-7-22-8-10-23(11-9-22)20-53-34-32(31-21(2)29(40)16-30-27(31)17-44-47-30)28(39(41,42)43)15-26-33(34)45-36(52-13-12-51-6)46-35(26)48-18-25-14-24(48)19-49(25)37(50)54-38(3,4)5;1-2;/h1,8-11,15-17,24-25H,12-14,18-20H2,2-6H3;1-2H3;/q-1;;. The largest absolute Gasteiger partial charge is 0.581 e. The van der Waals surface area contributed by atoms with Gasteiger partial charge < -0.3 is 38.9 Å². The van der Waals surface area contributed by atoms with E-state index in [0.717, 1.165) is 12.1 Å². The number of terminal acetylenes is 1. The average Bonchev–Trinajstić information content (AvgIpc) is 3.91. The van der Waals surface area contributed by atoms with Crippen LogP contribution in [0.2, 0.25) is 0 Å². The Morgan fingerprint density at radius 2 is 1.72 bits per heavy atom. The normalized spacial score (nSPS) is 16.2. The van der Waals surface area contributed by atoms with Gasteiger partial charge in [0.1, 0.15) is 36.0 Å². The molecule has 0 radical (unpaired) electrons. The van der Waals surface area contributed by atoms with Gasteiger partial charge in [0.2, 0.25) is 0 Å². The molecular weight excluding hydrogens is 839 g/mol. The molecule has 16 heteroatoms. The number of hydrogen-bond acceptors (Lipinski definition) is 9. The Labute approximate surface area is 342 Å². The van der Waals surface area contributed by atoms with Crippen LogP contribution in [0.15, 0.2) is 42.6 Å². The molecule has 0 spiro atoms. The van der Waals surface area contributed by atoms with Crippen LogP contribution in [0, 0.1) is 25.1 Å². The maximum absolute atomic E-state index is 15.5. The van der Waals surface area contributed by atoms with Crippen LogP contribution >= 0.6 is 0 Å². The molecule has 1 amide bonds. The van der Waals surface area contributed by atoms with Gasteiger partial charge in [-0.1, -0.05) is 31.9 Å². The Hall–Kier alpha value is -4.96. The first kappa shape index (κ1) is 43.2. The molecule has 306 valence electrons. The molecule has 2 fully saturated rings. The average molecular weight is 882 g/mol. The van der Waals surface area contributed by atoms with E-state index in [1.165, 1.54) is 20.2 Å². The molecule has 0 saturated carbocycles. The summed E-state index contributed by atoms with van der Waals surface area (Å²) >= 11 is 0. The second-order valence-electron chi connectivity index (χ2n) is 14.3. The van der Waals surface area contributed by atoms with Crippen molar-refractivity contribution in [2.75, 3.05) is 38.3 Å². The summed E-state index contributed by atoms with van der Waals surface area (Å²) in [5.41, 5.74) is -1.08. The molecule has 5 aromatic rings. The van der Waals surface area contributed by atoms with E-state index < -0.39 is 34.8 Å². The third kappa shape index (κ3) is 8.81. The van der Waals surface area contributed by atoms with Gasteiger partial charge in [0, 0.05) is 57.1 Å². The number of likely N-dealkylation sites (tertiary alicyclic amines) is 1. The first-order chi connectivity index (χ1) is 26.7. The predicted octanol–water partition coefficient (Wildman–Crippen LogP) is 8.08. The summed E-state index contributed by atoms with van der Waals surface area (Å²) in [5.74, 6) is 1.67. The van der Waals surface area contributed by atoms with E-state index in [2.05, 4.69) is 26.1 Å². The topological polar surface area (TPSA) is 113 Å². The fraction of sp³-hybridized carbons (Fsp3) is 0.415. The Balaban J connectivity index is 0.00000204. The Kier molecular flexibility index (Phi) is 13.1. The van der Waals surface area contributed by atoms with Crippen molar-refractivity contribution >= 4 is 33.7 Å². The molecule has 7 rings (SSSR count). The van der Waals surface area contributed by atoms with Crippen molar-refractivity contribution in [3.63, 3.8) is 0 Å². The van der Waals surface area contributed by atoms with Crippen LogP contribution in [0.1, 0.15) is 63.3 Å². The molecular formula is C41H43F4N6O5Pd-. The SMILES string of the molecule is C#Cc1ccc(COc2c(-c3c(C)c(F)cc4n[n-]cc34)c(C(F)(F)F)cc3c(N4CC5CC4CN5C(=O)OC(C)(C)C)nc(OCCOC)nc23)cc1.CC.[Pd]. The molecule has 2 unspecified atom stereocenters. The number of piperazine rings is 1. The van der Waals surface area contributed by atoms with Crippen molar-refractivity contribution in [2.45, 2.75) is 78.4 Å². The second kappa shape index (κ2) is 17.3. The van der Waals surface area contributed by atoms with Crippen molar-refractivity contribution in [3.8, 4) is 35.2 Å². The van der Waals surface area contributed by atoms with Crippen molar-refractivity contribution in [1.82, 2.24) is 25.1 Å². The minimum absolute atomic E-state index is 0. The van der Waals surface area contributed by atoms with Gasteiger partial charge in [-0.05, 0) is 80.5 Å². The summed E-state index contributed by atoms with van der Waals surface area (Å²) in [6.45, 7) is 11.3. The van der Waals surface area contributed by atoms with Gasteiger partial charge in [-0.2, -0.15) is 29.3 Å². The minimum atomic E-state index is -4.96. The zero-order chi connectivity index (χ0) is 40.5. The van der Waals surface area contributed by atoms with Crippen LogP contribution in [-0.4, -0.2) is 77.2 Å². The number of anilines is 1. The molecule has 2 bridgehead atoms. The van der Waals surface area contributed by atoms with E-state index in [9.17, 15) is 4.79 Å². The number of benzene rings is 3. The van der Waals surface area contributed by atoms with Crippen molar-refractivity contribution in [2.24, 2.45) is 0 Å². The van der Waals surface area contributed by atoms with E-state index in [4.69, 9.17) is 25.4 Å². The quantitative estimate of drug-likeness (QED) is 0.0624. The molecule has 2 aromatic heterocycles. The van der Waals surface area contributed by atoms with Crippen LogP contribution in [0.5, 0.6) is 11.8 Å². The molecule has 0 aliphatic carbocycles. The number of halogens is 4. The fourth-order valence-electron chi connectivity index (χ4n) is 7.08. The number of rotatable bonds is 9. The smallest absolute Gasteiger partial charge is 0.417 e. The monoisotopic (exact) mass is 881 g/mol. The van der Waals surface area contributed by atoms with Gasteiger partial charge >= 0.3 is 18.3 Å². The van der Waals surface area contributed by atoms with Crippen molar-refractivity contribution < 1.29 is 61.7 Å². The zero-order valence-corrected chi connectivity index (χ0v) is 34.1. The van der Waals surface area contributed by atoms with E-state index in [-0.39, 0.29) is 116 Å². The molecule has 3 aromatic carbocycles. The third-order valence-corrected chi connectivity index (χ3v) is 9.52. The van der Waals surface area contributed by atoms with Gasteiger partial charge in [-0.15, -0.1) is 6.42 Å². The molecule has 0 N–H and O–H groups in total. The predicted molar refractivity (Wildman–Crippen MR) is 203 cm³/mol. The summed E-state index contributed by atoms with van der Waals surface area (Å²) in [7, 11) is 1.50. The Bertz CT molecular complexity index is 2290. The summed E-state index contributed by atoms with van der Waals surface area (Å²) in [6.07, 6.45) is 1.95. The fourth-order valence-corrected chi connectivity index (χ4v) is 7.08. The van der Waals surface area contributed by atoms with Gasteiger partial charge in [-0.25, -0.2) is 9.18 Å². The number of fused-ring (bicyclic) bond motifs is 4. The second-order valence-corrected chi connectivity index (χ2v) is 14.3. The number of ether oxygens (including phenoxy) is 4. The first-order valence-corrected chi connectivity index (χ1v) is 18.3. The molecule has 2 aliphatic rings. The Morgan fingerprint density at radius 3 is 2.33 bits per heavy atom. The number of carbonyl (C=O) groups excluding carboxylic acids is 1. The summed E-state index contributed by atoms with van der Waals surface area (Å²) in [5, 5.41) is 8.07. The molecule has 2 aliphatic heterocycles. The summed E-state index contributed by atoms with van der Waals surface area (Å²) in [6, 6.07) is 8.19. The van der Waals surface area contributed by atoms with Gasteiger partial charge in [-0.3, -0.25) is 0 Å². The van der Waals surface area contributed by atoms with Gasteiger partial charge in [0.25, 0.3) is 0 Å². The molecule has 2 saturated heterocycles. The van der Waals surface area contributed by atoms with Gasteiger partial charge in [0.05, 0.1) is 29.8 Å². The molecule has 11 nitrogen and oxygen atoms in total. The molecule has 57 heavy (non-hydrogen) atoms. The van der Waals surface area contributed by atoms with E-state index in [1.54, 1.807) is 49.9 Å². The first-order valence-electron chi connectivity index (χ1n) is 18.3. The number of aromatic nitrogens is 4. The van der Waals surface area contributed by atoms with E-state index >= 15 is 17.6 Å². The number of carbonyl (C=O) groups is 1. The summed E-state index contributed by atoms with van der Waals surface area (Å²) < 4.78 is 85.2. The van der Waals surface area contributed by atoms with Crippen LogP contribution in [0.25, 0.3) is 32.9 Å². The number of amides is 1. The Morgan fingerprint density at radius 1 is 1.00 bits per heavy atom. The number of nitrogens with zero attached hydrogens (tertiary/aromatic N) is 6. The number of methoxy groups -OCH3 is 1. The van der Waals surface area contributed by atoms with Crippen LogP contribution in [-0.2, 0) is 42.7 Å². The van der Waals surface area contributed by atoms with Crippen molar-refractivity contribution in [1.29, 1.82) is 0 Å². The van der Waals surface area contributed by atoms with Crippen LogP contribution < -0.4 is 19.5 Å². The maximum Gasteiger partial charge on any atom is 0.417 e. The number of alkyl halides is 3. The zero-order valence-electron chi connectivity index (χ0n) is 32.6. The summed E-state index contributed by atoms with van der Waals surface area (Å²) in [4.78, 5) is 25.9. The third-order valence-electron chi connectivity index (χ3n) is 9.52. The van der Waals surface area contributed by atoms with E-state index in [1.807, 2.05) is 18.7 Å². The number of hydrogen-bond donors (Lipinski definition) is 0. The molecule has 2 atom stereocenters. The van der Waals surface area contributed by atoms with Gasteiger partial charge in [0.15, 0.2) is 5.75 Å². The molecule has 4 heterocycles. The van der Waals surface area contributed by atoms with E-state index in [0.29, 0.717) is 17.5 Å². The van der Waals surface area contributed by atoms with Crippen molar-refractivity contribution in [3.05, 3.63) is 70.7 Å². The van der Waals surface area contributed by atoms with Crippen LogP contribution in [0.4, 0.5) is 28.2 Å².